The molecule has 0 amide bonds. The largest absolute Gasteiger partial charge is 0.422 e. The number of hydrogen-bond donors (Lipinski definition) is 1. The Morgan fingerprint density at radius 3 is 2.88 bits per heavy atom. The Labute approximate surface area is 96.6 Å². The van der Waals surface area contributed by atoms with Crippen LogP contribution in [-0.2, 0) is 11.2 Å². The van der Waals surface area contributed by atoms with E-state index in [-0.39, 0.29) is 6.10 Å². The van der Waals surface area contributed by atoms with Gasteiger partial charge in [0, 0.05) is 13.5 Å². The van der Waals surface area contributed by atoms with E-state index >= 15 is 0 Å². The molecule has 1 aromatic heterocycles. The molecule has 1 N–H and O–H groups in total. The predicted molar refractivity (Wildman–Crippen MR) is 61.2 cm³/mol. The Hall–Kier alpha value is -0.940. The molecule has 1 aromatic rings. The van der Waals surface area contributed by atoms with Crippen LogP contribution in [-0.4, -0.2) is 30.4 Å². The van der Waals surface area contributed by atoms with Crippen LogP contribution in [0.5, 0.6) is 0 Å². The minimum absolute atomic E-state index is 0.125. The molecule has 1 unspecified atom stereocenters. The van der Waals surface area contributed by atoms with Crippen molar-refractivity contribution < 1.29 is 9.15 Å². The number of methoxy groups -OCH3 is 1. The molecular weight excluding hydrogens is 206 g/mol. The Kier molecular flexibility index (Phi) is 6.03. The van der Waals surface area contributed by atoms with Crippen LogP contribution in [0.3, 0.4) is 0 Å². The lowest BCUT2D eigenvalue weighted by Crippen LogP contribution is -2.16. The molecule has 1 heterocycles. The molecule has 1 rings (SSSR count). The molecule has 0 aliphatic carbocycles. The van der Waals surface area contributed by atoms with Crippen molar-refractivity contribution in [2.24, 2.45) is 0 Å². The fraction of sp³-hybridized carbons (Fsp3) is 0.818. The number of nitrogens with zero attached hydrogens (tertiary/aromatic N) is 2. The van der Waals surface area contributed by atoms with Gasteiger partial charge in [-0.1, -0.05) is 6.92 Å². The summed E-state index contributed by atoms with van der Waals surface area (Å²) in [6.45, 7) is 6.10. The van der Waals surface area contributed by atoms with E-state index in [2.05, 4.69) is 22.4 Å². The van der Waals surface area contributed by atoms with Crippen LogP contribution in [0.4, 0.5) is 0 Å². The summed E-state index contributed by atoms with van der Waals surface area (Å²) in [6.07, 6.45) is 2.87. The van der Waals surface area contributed by atoms with Gasteiger partial charge in [-0.25, -0.2) is 0 Å². The zero-order valence-electron chi connectivity index (χ0n) is 10.3. The number of ether oxygens (including phenoxy) is 1. The third-order valence-electron chi connectivity index (χ3n) is 2.35. The maximum atomic E-state index is 5.47. The highest BCUT2D eigenvalue weighted by Gasteiger charge is 2.12. The molecule has 5 nitrogen and oxygen atoms in total. The van der Waals surface area contributed by atoms with Crippen LogP contribution in [0.2, 0.25) is 0 Å². The molecule has 16 heavy (non-hydrogen) atoms. The standard InChI is InChI=1S/C11H21N3O2/c1-4-7-12-8-5-6-10-13-14-11(16-10)9(2)15-3/h9,12H,4-8H2,1-3H3. The van der Waals surface area contributed by atoms with E-state index in [0.717, 1.165) is 32.4 Å². The van der Waals surface area contributed by atoms with Crippen molar-refractivity contribution in [2.75, 3.05) is 20.2 Å². The summed E-state index contributed by atoms with van der Waals surface area (Å²) in [5, 5.41) is 11.3. The van der Waals surface area contributed by atoms with E-state index in [9.17, 15) is 0 Å². The van der Waals surface area contributed by atoms with Gasteiger partial charge in [0.2, 0.25) is 11.8 Å². The molecule has 92 valence electrons. The fourth-order valence-corrected chi connectivity index (χ4v) is 1.30. The molecule has 5 heteroatoms. The average Bonchev–Trinajstić information content (AvgIpc) is 2.76. The molecular formula is C11H21N3O2. The van der Waals surface area contributed by atoms with Gasteiger partial charge in [0.1, 0.15) is 6.10 Å². The highest BCUT2D eigenvalue weighted by molar-refractivity contribution is 4.85. The maximum Gasteiger partial charge on any atom is 0.244 e. The molecule has 0 bridgehead atoms. The Bertz CT molecular complexity index is 289. The first-order valence-corrected chi connectivity index (χ1v) is 5.83. The van der Waals surface area contributed by atoms with Crippen LogP contribution < -0.4 is 5.32 Å². The summed E-state index contributed by atoms with van der Waals surface area (Å²) in [7, 11) is 1.63. The maximum absolute atomic E-state index is 5.47. The van der Waals surface area contributed by atoms with Crippen LogP contribution in [0.25, 0.3) is 0 Å². The Morgan fingerprint density at radius 2 is 2.19 bits per heavy atom. The van der Waals surface area contributed by atoms with Crippen molar-refractivity contribution in [2.45, 2.75) is 39.2 Å². The molecule has 0 aliphatic heterocycles. The van der Waals surface area contributed by atoms with Crippen LogP contribution in [0.1, 0.15) is 44.6 Å². The zero-order valence-corrected chi connectivity index (χ0v) is 10.3. The number of aryl methyl sites for hydroxylation is 1. The summed E-state index contributed by atoms with van der Waals surface area (Å²) in [5.41, 5.74) is 0. The Morgan fingerprint density at radius 1 is 1.38 bits per heavy atom. The predicted octanol–water partition coefficient (Wildman–Crippen LogP) is 1.71. The van der Waals surface area contributed by atoms with E-state index in [0.29, 0.717) is 11.8 Å². The lowest BCUT2D eigenvalue weighted by atomic mass is 10.3. The fourth-order valence-electron chi connectivity index (χ4n) is 1.30. The second-order valence-corrected chi connectivity index (χ2v) is 3.77. The highest BCUT2D eigenvalue weighted by Crippen LogP contribution is 2.14. The van der Waals surface area contributed by atoms with Gasteiger partial charge in [-0.2, -0.15) is 0 Å². The first-order valence-electron chi connectivity index (χ1n) is 5.83. The van der Waals surface area contributed by atoms with E-state index in [1.165, 1.54) is 0 Å². The first kappa shape index (κ1) is 13.1. The molecule has 0 saturated heterocycles. The van der Waals surface area contributed by atoms with Gasteiger partial charge in [0.15, 0.2) is 0 Å². The Balaban J connectivity index is 2.24. The minimum atomic E-state index is -0.125. The van der Waals surface area contributed by atoms with E-state index in [1.54, 1.807) is 7.11 Å². The van der Waals surface area contributed by atoms with E-state index in [1.807, 2.05) is 6.92 Å². The lowest BCUT2D eigenvalue weighted by Gasteiger charge is -2.02. The summed E-state index contributed by atoms with van der Waals surface area (Å²) in [6, 6.07) is 0. The van der Waals surface area contributed by atoms with Crippen molar-refractivity contribution in [3.05, 3.63) is 11.8 Å². The smallest absolute Gasteiger partial charge is 0.244 e. The summed E-state index contributed by atoms with van der Waals surface area (Å²) in [5.74, 6) is 1.25. The second kappa shape index (κ2) is 7.35. The van der Waals surface area contributed by atoms with Crippen molar-refractivity contribution in [1.29, 1.82) is 0 Å². The molecule has 0 radical (unpaired) electrons. The molecule has 0 aromatic carbocycles. The van der Waals surface area contributed by atoms with Crippen molar-refractivity contribution in [3.63, 3.8) is 0 Å². The van der Waals surface area contributed by atoms with Crippen LogP contribution in [0.15, 0.2) is 4.42 Å². The van der Waals surface area contributed by atoms with E-state index in [4.69, 9.17) is 9.15 Å². The van der Waals surface area contributed by atoms with Crippen molar-refractivity contribution in [3.8, 4) is 0 Å². The van der Waals surface area contributed by atoms with E-state index < -0.39 is 0 Å². The quantitative estimate of drug-likeness (QED) is 0.685. The zero-order chi connectivity index (χ0) is 11.8. The number of rotatable bonds is 8. The molecule has 1 atom stereocenters. The van der Waals surface area contributed by atoms with Gasteiger partial charge in [0.25, 0.3) is 0 Å². The molecule has 0 fully saturated rings. The normalized spacial score (nSPS) is 12.9. The second-order valence-electron chi connectivity index (χ2n) is 3.77. The summed E-state index contributed by atoms with van der Waals surface area (Å²) >= 11 is 0. The SMILES string of the molecule is CCCNCCCc1nnc(C(C)OC)o1. The van der Waals surface area contributed by atoms with Crippen LogP contribution >= 0.6 is 0 Å². The van der Waals surface area contributed by atoms with Gasteiger partial charge in [0.05, 0.1) is 0 Å². The summed E-state index contributed by atoms with van der Waals surface area (Å²) < 4.78 is 10.6. The van der Waals surface area contributed by atoms with Gasteiger partial charge in [-0.05, 0) is 32.9 Å². The van der Waals surface area contributed by atoms with Crippen LogP contribution in [0, 0.1) is 0 Å². The van der Waals surface area contributed by atoms with Gasteiger partial charge >= 0.3 is 0 Å². The van der Waals surface area contributed by atoms with Gasteiger partial charge in [-0.15, -0.1) is 10.2 Å². The minimum Gasteiger partial charge on any atom is -0.422 e. The molecule has 0 saturated carbocycles. The van der Waals surface area contributed by atoms with Gasteiger partial charge in [-0.3, -0.25) is 0 Å². The topological polar surface area (TPSA) is 60.2 Å². The number of nitrogens with one attached hydrogen (secondary N) is 1. The van der Waals surface area contributed by atoms with Crippen molar-refractivity contribution in [1.82, 2.24) is 15.5 Å². The van der Waals surface area contributed by atoms with Gasteiger partial charge < -0.3 is 14.5 Å². The first-order chi connectivity index (χ1) is 7.77. The number of aromatic nitrogens is 2. The summed E-state index contributed by atoms with van der Waals surface area (Å²) in [4.78, 5) is 0. The molecule has 0 spiro atoms. The third-order valence-corrected chi connectivity index (χ3v) is 2.35. The monoisotopic (exact) mass is 227 g/mol. The molecule has 0 aliphatic rings. The lowest BCUT2D eigenvalue weighted by molar-refractivity contribution is 0.0935. The third kappa shape index (κ3) is 4.28. The van der Waals surface area contributed by atoms with Crippen molar-refractivity contribution >= 4 is 0 Å². The average molecular weight is 227 g/mol. The highest BCUT2D eigenvalue weighted by atomic mass is 16.5. The number of hydrogen-bond acceptors (Lipinski definition) is 5.